The quantitative estimate of drug-likeness (QED) is 0.393. The molecule has 3 heteroatoms. The Bertz CT molecular complexity index is 1350. The van der Waals surface area contributed by atoms with Crippen LogP contribution < -0.4 is 4.90 Å². The second kappa shape index (κ2) is 6.48. The minimum atomic E-state index is -0.441. The molecule has 1 atom stereocenters. The number of benzene rings is 3. The molecule has 0 amide bonds. The van der Waals surface area contributed by atoms with Gasteiger partial charge in [-0.3, -0.25) is 0 Å². The Kier molecular flexibility index (Phi) is 3.91. The van der Waals surface area contributed by atoms with Crippen LogP contribution in [0.5, 0.6) is 0 Å². The zero-order valence-electron chi connectivity index (χ0n) is 18.4. The van der Waals surface area contributed by atoms with Crippen LogP contribution in [0.1, 0.15) is 31.9 Å². The second-order valence-corrected chi connectivity index (χ2v) is 9.21. The molecular formula is C28H28N2O. The molecule has 3 nitrogen and oxygen atoms in total. The fourth-order valence-corrected chi connectivity index (χ4v) is 5.86. The van der Waals surface area contributed by atoms with Crippen molar-refractivity contribution in [3.8, 4) is 0 Å². The van der Waals surface area contributed by atoms with Crippen molar-refractivity contribution in [2.24, 2.45) is 0 Å². The molecule has 0 aliphatic carbocycles. The summed E-state index contributed by atoms with van der Waals surface area (Å²) in [7, 11) is 0. The van der Waals surface area contributed by atoms with Gasteiger partial charge in [-0.05, 0) is 48.4 Å². The summed E-state index contributed by atoms with van der Waals surface area (Å²) in [5.41, 5.74) is 5.91. The van der Waals surface area contributed by atoms with Gasteiger partial charge in [-0.15, -0.1) is 0 Å². The first-order valence-corrected chi connectivity index (χ1v) is 11.3. The van der Waals surface area contributed by atoms with Gasteiger partial charge in [0.05, 0.1) is 6.61 Å². The van der Waals surface area contributed by atoms with Crippen LogP contribution in [-0.4, -0.2) is 23.4 Å². The minimum Gasteiger partial charge on any atom is -0.349 e. The molecule has 1 unspecified atom stereocenters. The molecule has 1 aromatic heterocycles. The maximum atomic E-state index is 6.50. The lowest BCUT2D eigenvalue weighted by Gasteiger charge is -2.39. The topological polar surface area (TPSA) is 17.4 Å². The molecule has 0 radical (unpaired) electrons. The molecule has 0 bridgehead atoms. The van der Waals surface area contributed by atoms with E-state index < -0.39 is 5.72 Å². The lowest BCUT2D eigenvalue weighted by atomic mass is 9.77. The van der Waals surface area contributed by atoms with Gasteiger partial charge in [-0.25, -0.2) is 0 Å². The summed E-state index contributed by atoms with van der Waals surface area (Å²) in [5.74, 6) is 0. The van der Waals surface area contributed by atoms with Crippen molar-refractivity contribution in [2.45, 2.75) is 38.5 Å². The molecule has 6 rings (SSSR count). The molecular weight excluding hydrogens is 380 g/mol. The predicted molar refractivity (Wildman–Crippen MR) is 130 cm³/mol. The summed E-state index contributed by atoms with van der Waals surface area (Å²) >= 11 is 0. The highest BCUT2D eigenvalue weighted by molar-refractivity contribution is 6.08. The average Bonchev–Trinajstić information content (AvgIpc) is 3.42. The molecule has 156 valence electrons. The molecule has 1 saturated heterocycles. The van der Waals surface area contributed by atoms with E-state index in [1.54, 1.807) is 0 Å². The highest BCUT2D eigenvalue weighted by Crippen LogP contribution is 2.55. The standard InChI is InChI=1S/C28H28N2O/c1-4-29-24-11-7-5-9-21(24)22-19-20(13-14-25(22)29)15-16-28-27(2,3)23-10-6-8-12-26(23)30(28)17-18-31-28/h5-16,19H,4,17-18H2,1-3H3. The molecule has 3 aromatic carbocycles. The maximum absolute atomic E-state index is 6.50. The van der Waals surface area contributed by atoms with Crippen LogP contribution in [0.25, 0.3) is 27.9 Å². The average molecular weight is 409 g/mol. The summed E-state index contributed by atoms with van der Waals surface area (Å²) in [6, 6.07) is 24.3. The van der Waals surface area contributed by atoms with Gasteiger partial charge in [-0.2, -0.15) is 0 Å². The molecule has 0 spiro atoms. The highest BCUT2D eigenvalue weighted by Gasteiger charge is 2.58. The Hall–Kier alpha value is -3.04. The van der Waals surface area contributed by atoms with E-state index in [-0.39, 0.29) is 5.41 Å². The normalized spacial score (nSPS) is 22.0. The zero-order valence-corrected chi connectivity index (χ0v) is 18.4. The predicted octanol–water partition coefficient (Wildman–Crippen LogP) is 6.35. The first kappa shape index (κ1) is 18.7. The summed E-state index contributed by atoms with van der Waals surface area (Å²) in [5, 5.41) is 2.63. The second-order valence-electron chi connectivity index (χ2n) is 9.21. The van der Waals surface area contributed by atoms with Crippen molar-refractivity contribution < 1.29 is 4.74 Å². The number of hydrogen-bond donors (Lipinski definition) is 0. The molecule has 2 aliphatic heterocycles. The number of rotatable bonds is 3. The Balaban J connectivity index is 1.47. The third-order valence-electron chi connectivity index (χ3n) is 7.42. The van der Waals surface area contributed by atoms with Crippen LogP contribution in [0.2, 0.25) is 0 Å². The molecule has 3 heterocycles. The first-order chi connectivity index (χ1) is 15.1. The highest BCUT2D eigenvalue weighted by atomic mass is 16.5. The fraction of sp³-hybridized carbons (Fsp3) is 0.286. The largest absolute Gasteiger partial charge is 0.349 e. The number of aryl methyl sites for hydroxylation is 1. The molecule has 0 N–H and O–H groups in total. The summed E-state index contributed by atoms with van der Waals surface area (Å²) in [6.07, 6.45) is 4.55. The SMILES string of the molecule is CCn1c2ccccc2c2cc(C=CC34OCCN3c3ccccc3C4(C)C)ccc21. The van der Waals surface area contributed by atoms with Crippen LogP contribution in [0.3, 0.4) is 0 Å². The van der Waals surface area contributed by atoms with Gasteiger partial charge in [0.15, 0.2) is 5.72 Å². The number of hydrogen-bond acceptors (Lipinski definition) is 2. The van der Waals surface area contributed by atoms with Gasteiger partial charge in [-0.1, -0.05) is 62.4 Å². The molecule has 0 saturated carbocycles. The van der Waals surface area contributed by atoms with Crippen molar-refractivity contribution in [2.75, 3.05) is 18.1 Å². The van der Waals surface area contributed by atoms with E-state index in [4.69, 9.17) is 4.74 Å². The van der Waals surface area contributed by atoms with Gasteiger partial charge >= 0.3 is 0 Å². The number of nitrogens with zero attached hydrogens (tertiary/aromatic N) is 2. The number of anilines is 1. The van der Waals surface area contributed by atoms with Crippen LogP contribution >= 0.6 is 0 Å². The lowest BCUT2D eigenvalue weighted by molar-refractivity contribution is 0.000337. The van der Waals surface area contributed by atoms with Gasteiger partial charge in [0, 0.05) is 46.0 Å². The minimum absolute atomic E-state index is 0.126. The first-order valence-electron chi connectivity index (χ1n) is 11.3. The molecule has 4 aromatic rings. The third kappa shape index (κ3) is 2.38. The smallest absolute Gasteiger partial charge is 0.170 e. The van der Waals surface area contributed by atoms with Gasteiger partial charge in [0.1, 0.15) is 0 Å². The van der Waals surface area contributed by atoms with Crippen molar-refractivity contribution in [1.82, 2.24) is 4.57 Å². The Morgan fingerprint density at radius 2 is 1.71 bits per heavy atom. The van der Waals surface area contributed by atoms with E-state index in [1.165, 1.54) is 38.6 Å². The Labute approximate surface area is 183 Å². The third-order valence-corrected chi connectivity index (χ3v) is 7.42. The van der Waals surface area contributed by atoms with Crippen molar-refractivity contribution >= 4 is 33.6 Å². The van der Waals surface area contributed by atoms with E-state index in [2.05, 4.69) is 109 Å². The summed E-state index contributed by atoms with van der Waals surface area (Å²) in [4.78, 5) is 2.44. The van der Waals surface area contributed by atoms with E-state index in [9.17, 15) is 0 Å². The Morgan fingerprint density at radius 1 is 0.935 bits per heavy atom. The van der Waals surface area contributed by atoms with Crippen molar-refractivity contribution in [3.63, 3.8) is 0 Å². The van der Waals surface area contributed by atoms with E-state index in [0.29, 0.717) is 0 Å². The van der Waals surface area contributed by atoms with Crippen molar-refractivity contribution in [3.05, 3.63) is 83.9 Å². The summed E-state index contributed by atoms with van der Waals surface area (Å²) in [6.45, 7) is 9.47. The zero-order chi connectivity index (χ0) is 21.2. The number of fused-ring (bicyclic) bond motifs is 6. The molecule has 2 aliphatic rings. The maximum Gasteiger partial charge on any atom is 0.170 e. The molecule has 31 heavy (non-hydrogen) atoms. The Morgan fingerprint density at radius 3 is 2.58 bits per heavy atom. The van der Waals surface area contributed by atoms with E-state index in [1.807, 2.05) is 0 Å². The van der Waals surface area contributed by atoms with Gasteiger partial charge in [0.2, 0.25) is 0 Å². The van der Waals surface area contributed by atoms with Crippen LogP contribution in [0.15, 0.2) is 72.8 Å². The van der Waals surface area contributed by atoms with E-state index >= 15 is 0 Å². The van der Waals surface area contributed by atoms with E-state index in [0.717, 1.165) is 19.7 Å². The lowest BCUT2D eigenvalue weighted by Crippen LogP contribution is -2.51. The van der Waals surface area contributed by atoms with Crippen LogP contribution in [0, 0.1) is 0 Å². The number of ether oxygens (including phenoxy) is 1. The monoisotopic (exact) mass is 408 g/mol. The summed E-state index contributed by atoms with van der Waals surface area (Å²) < 4.78 is 8.90. The number of para-hydroxylation sites is 2. The van der Waals surface area contributed by atoms with Crippen LogP contribution in [-0.2, 0) is 16.7 Å². The van der Waals surface area contributed by atoms with Gasteiger partial charge in [0.25, 0.3) is 0 Å². The van der Waals surface area contributed by atoms with Gasteiger partial charge < -0.3 is 14.2 Å². The fourth-order valence-electron chi connectivity index (χ4n) is 5.86. The van der Waals surface area contributed by atoms with Crippen molar-refractivity contribution in [1.29, 1.82) is 0 Å². The molecule has 1 fully saturated rings. The number of aromatic nitrogens is 1. The van der Waals surface area contributed by atoms with Crippen LogP contribution in [0.4, 0.5) is 5.69 Å².